The Morgan fingerprint density at radius 1 is 0.750 bits per heavy atom. The SMILES string of the molecule is CC1(C)OC[C@H](N2Cc3ccccc3-c3ccccc3[C@H]2Cc2ccccc2)[C@H](c2ccccc2)O1. The Balaban J connectivity index is 1.50. The van der Waals surface area contributed by atoms with Gasteiger partial charge >= 0.3 is 0 Å². The summed E-state index contributed by atoms with van der Waals surface area (Å²) in [7, 11) is 0. The standard InChI is InChI=1S/C33H33NO2/c1-33(2)35-23-31(32(36-33)25-15-7-4-8-16-25)34-22-26-17-9-10-18-27(26)28-19-11-12-20-29(28)30(34)21-24-13-5-3-6-14-24/h3-20,30-32H,21-23H2,1-2H3/t30-,31+,32+/m1/s1. The maximum atomic E-state index is 6.68. The number of hydrogen-bond acceptors (Lipinski definition) is 3. The van der Waals surface area contributed by atoms with Crippen LogP contribution in [-0.4, -0.2) is 23.3 Å². The molecule has 1 fully saturated rings. The zero-order chi connectivity index (χ0) is 24.5. The van der Waals surface area contributed by atoms with E-state index < -0.39 is 5.79 Å². The van der Waals surface area contributed by atoms with Gasteiger partial charge in [-0.15, -0.1) is 0 Å². The van der Waals surface area contributed by atoms with E-state index in [-0.39, 0.29) is 18.2 Å². The third-order valence-corrected chi connectivity index (χ3v) is 7.57. The summed E-state index contributed by atoms with van der Waals surface area (Å²) in [5.41, 5.74) is 7.89. The Kier molecular flexibility index (Phi) is 6.22. The summed E-state index contributed by atoms with van der Waals surface area (Å²) in [6, 6.07) is 39.5. The van der Waals surface area contributed by atoms with Crippen LogP contribution in [-0.2, 0) is 22.4 Å². The quantitative estimate of drug-likeness (QED) is 0.308. The second-order valence-corrected chi connectivity index (χ2v) is 10.3. The van der Waals surface area contributed by atoms with Crippen LogP contribution in [0, 0.1) is 0 Å². The van der Waals surface area contributed by atoms with Crippen molar-refractivity contribution < 1.29 is 9.47 Å². The van der Waals surface area contributed by atoms with E-state index in [9.17, 15) is 0 Å². The molecule has 0 radical (unpaired) electrons. The lowest BCUT2D eigenvalue weighted by Crippen LogP contribution is -2.52. The first-order valence-electron chi connectivity index (χ1n) is 12.9. The molecule has 0 unspecified atom stereocenters. The number of fused-ring (bicyclic) bond motifs is 3. The van der Waals surface area contributed by atoms with Crippen molar-refractivity contribution in [2.75, 3.05) is 6.61 Å². The zero-order valence-corrected chi connectivity index (χ0v) is 21.0. The summed E-state index contributed by atoms with van der Waals surface area (Å²) in [5, 5.41) is 0. The Labute approximate surface area is 214 Å². The molecular weight excluding hydrogens is 442 g/mol. The highest BCUT2D eigenvalue weighted by Crippen LogP contribution is 2.45. The summed E-state index contributed by atoms with van der Waals surface area (Å²) in [6.45, 7) is 5.49. The van der Waals surface area contributed by atoms with Crippen LogP contribution in [0.4, 0.5) is 0 Å². The van der Waals surface area contributed by atoms with Crippen LogP contribution in [0.5, 0.6) is 0 Å². The predicted molar refractivity (Wildman–Crippen MR) is 144 cm³/mol. The van der Waals surface area contributed by atoms with E-state index in [1.165, 1.54) is 33.4 Å². The molecule has 0 spiro atoms. The zero-order valence-electron chi connectivity index (χ0n) is 21.0. The lowest BCUT2D eigenvalue weighted by molar-refractivity contribution is -0.300. The van der Waals surface area contributed by atoms with Crippen LogP contribution >= 0.6 is 0 Å². The summed E-state index contributed by atoms with van der Waals surface area (Å²) >= 11 is 0. The van der Waals surface area contributed by atoms with Crippen molar-refractivity contribution in [3.8, 4) is 11.1 Å². The molecule has 2 aliphatic rings. The van der Waals surface area contributed by atoms with Crippen molar-refractivity contribution in [3.05, 3.63) is 131 Å². The molecule has 0 aliphatic carbocycles. The van der Waals surface area contributed by atoms with Crippen LogP contribution in [0.3, 0.4) is 0 Å². The monoisotopic (exact) mass is 475 g/mol. The lowest BCUT2D eigenvalue weighted by atomic mass is 9.90. The molecule has 0 N–H and O–H groups in total. The van der Waals surface area contributed by atoms with Gasteiger partial charge in [-0.05, 0) is 53.6 Å². The second kappa shape index (κ2) is 9.67. The molecule has 182 valence electrons. The van der Waals surface area contributed by atoms with Gasteiger partial charge < -0.3 is 9.47 Å². The van der Waals surface area contributed by atoms with E-state index in [1.54, 1.807) is 0 Å². The first-order chi connectivity index (χ1) is 17.6. The molecule has 3 heteroatoms. The van der Waals surface area contributed by atoms with Gasteiger partial charge in [0.1, 0.15) is 6.10 Å². The molecule has 0 bridgehead atoms. The minimum absolute atomic E-state index is 0.0633. The number of hydrogen-bond donors (Lipinski definition) is 0. The Hall–Kier alpha value is -3.24. The molecule has 6 rings (SSSR count). The van der Waals surface area contributed by atoms with Crippen LogP contribution in [0.1, 0.15) is 48.2 Å². The summed E-state index contributed by atoms with van der Waals surface area (Å²) in [5.74, 6) is -0.631. The van der Waals surface area contributed by atoms with Crippen molar-refractivity contribution in [2.45, 2.75) is 50.8 Å². The lowest BCUT2D eigenvalue weighted by Gasteiger charge is -2.48. The van der Waals surface area contributed by atoms with Gasteiger partial charge in [0.25, 0.3) is 0 Å². The van der Waals surface area contributed by atoms with Gasteiger partial charge in [0.2, 0.25) is 0 Å². The van der Waals surface area contributed by atoms with E-state index in [4.69, 9.17) is 9.47 Å². The number of ether oxygens (including phenoxy) is 2. The van der Waals surface area contributed by atoms with Crippen LogP contribution < -0.4 is 0 Å². The van der Waals surface area contributed by atoms with E-state index >= 15 is 0 Å². The molecule has 0 saturated carbocycles. The average Bonchev–Trinajstić information content (AvgIpc) is 3.05. The molecule has 2 heterocycles. The van der Waals surface area contributed by atoms with E-state index in [2.05, 4.69) is 114 Å². The van der Waals surface area contributed by atoms with Gasteiger partial charge in [0, 0.05) is 12.6 Å². The molecule has 1 saturated heterocycles. The topological polar surface area (TPSA) is 21.7 Å². The highest BCUT2D eigenvalue weighted by atomic mass is 16.7. The van der Waals surface area contributed by atoms with Crippen LogP contribution in [0.15, 0.2) is 109 Å². The van der Waals surface area contributed by atoms with Crippen LogP contribution in [0.25, 0.3) is 11.1 Å². The first-order valence-corrected chi connectivity index (χ1v) is 12.9. The van der Waals surface area contributed by atoms with Crippen molar-refractivity contribution in [3.63, 3.8) is 0 Å². The molecular formula is C33H33NO2. The highest BCUT2D eigenvalue weighted by molar-refractivity contribution is 5.72. The van der Waals surface area contributed by atoms with Gasteiger partial charge in [-0.1, -0.05) is 109 Å². The van der Waals surface area contributed by atoms with Crippen LogP contribution in [0.2, 0.25) is 0 Å². The van der Waals surface area contributed by atoms with E-state index in [0.29, 0.717) is 6.61 Å². The minimum Gasteiger partial charge on any atom is -0.349 e. The van der Waals surface area contributed by atoms with Gasteiger partial charge in [-0.25, -0.2) is 0 Å². The van der Waals surface area contributed by atoms with Crippen molar-refractivity contribution in [1.82, 2.24) is 4.90 Å². The Morgan fingerprint density at radius 3 is 2.17 bits per heavy atom. The minimum atomic E-state index is -0.631. The molecule has 3 nitrogen and oxygen atoms in total. The summed E-state index contributed by atoms with van der Waals surface area (Å²) < 4.78 is 13.0. The molecule has 2 aliphatic heterocycles. The van der Waals surface area contributed by atoms with Gasteiger partial charge in [-0.3, -0.25) is 4.90 Å². The number of nitrogens with zero attached hydrogens (tertiary/aromatic N) is 1. The molecule has 0 amide bonds. The third-order valence-electron chi connectivity index (χ3n) is 7.57. The number of rotatable bonds is 4. The summed E-state index contributed by atoms with van der Waals surface area (Å²) in [4.78, 5) is 2.64. The van der Waals surface area contributed by atoms with Gasteiger partial charge in [0.15, 0.2) is 5.79 Å². The van der Waals surface area contributed by atoms with Gasteiger partial charge in [0.05, 0.1) is 12.6 Å². The van der Waals surface area contributed by atoms with E-state index in [1.807, 2.05) is 13.8 Å². The maximum Gasteiger partial charge on any atom is 0.163 e. The largest absolute Gasteiger partial charge is 0.349 e. The fraction of sp³-hybridized carbons (Fsp3) is 0.273. The fourth-order valence-electron chi connectivity index (χ4n) is 5.85. The molecule has 0 aromatic heterocycles. The predicted octanol–water partition coefficient (Wildman–Crippen LogP) is 7.35. The average molecular weight is 476 g/mol. The Bertz CT molecular complexity index is 1320. The maximum absolute atomic E-state index is 6.68. The first kappa shape index (κ1) is 23.2. The fourth-order valence-corrected chi connectivity index (χ4v) is 5.85. The molecule has 36 heavy (non-hydrogen) atoms. The number of benzene rings is 4. The molecule has 4 aromatic rings. The van der Waals surface area contributed by atoms with Crippen molar-refractivity contribution in [2.24, 2.45) is 0 Å². The van der Waals surface area contributed by atoms with E-state index in [0.717, 1.165) is 13.0 Å². The van der Waals surface area contributed by atoms with Gasteiger partial charge in [-0.2, -0.15) is 0 Å². The normalized spacial score (nSPS) is 23.3. The second-order valence-electron chi connectivity index (χ2n) is 10.3. The molecule has 3 atom stereocenters. The smallest absolute Gasteiger partial charge is 0.163 e. The highest BCUT2D eigenvalue weighted by Gasteiger charge is 2.43. The third kappa shape index (κ3) is 4.51. The summed E-state index contributed by atoms with van der Waals surface area (Å²) in [6.07, 6.45) is 0.832. The van der Waals surface area contributed by atoms with Crippen molar-refractivity contribution in [1.29, 1.82) is 0 Å². The molecule has 4 aromatic carbocycles. The Morgan fingerprint density at radius 2 is 1.39 bits per heavy atom. The van der Waals surface area contributed by atoms with Crippen molar-refractivity contribution >= 4 is 0 Å².